The van der Waals surface area contributed by atoms with Gasteiger partial charge in [0.15, 0.2) is 5.82 Å². The Morgan fingerprint density at radius 3 is 2.79 bits per heavy atom. The van der Waals surface area contributed by atoms with Crippen molar-refractivity contribution < 1.29 is 4.74 Å². The van der Waals surface area contributed by atoms with Gasteiger partial charge in [0.05, 0.1) is 9.26 Å². The fourth-order valence-corrected chi connectivity index (χ4v) is 3.44. The van der Waals surface area contributed by atoms with Gasteiger partial charge in [-0.15, -0.1) is 0 Å². The molecule has 0 radical (unpaired) electrons. The Morgan fingerprint density at radius 1 is 1.42 bits per heavy atom. The molecule has 1 N–H and O–H groups in total. The first-order valence-electron chi connectivity index (χ1n) is 7.10. The summed E-state index contributed by atoms with van der Waals surface area (Å²) in [5, 5.41) is 3.37. The second kappa shape index (κ2) is 5.16. The summed E-state index contributed by atoms with van der Waals surface area (Å²) in [5.41, 5.74) is 0.927. The Labute approximate surface area is 127 Å². The predicted octanol–water partition coefficient (Wildman–Crippen LogP) is 3.42. The van der Waals surface area contributed by atoms with E-state index in [1.165, 1.54) is 22.1 Å². The highest BCUT2D eigenvalue weighted by atomic mass is 127. The van der Waals surface area contributed by atoms with E-state index in [0.717, 1.165) is 37.6 Å². The molecule has 1 aromatic rings. The third-order valence-electron chi connectivity index (χ3n) is 3.88. The number of aromatic nitrogens is 2. The van der Waals surface area contributed by atoms with Crippen LogP contribution < -0.4 is 5.32 Å². The number of nitrogens with zero attached hydrogens (tertiary/aromatic N) is 2. The lowest BCUT2D eigenvalue weighted by Crippen LogP contribution is -2.25. The van der Waals surface area contributed by atoms with Gasteiger partial charge in [0, 0.05) is 19.1 Å². The summed E-state index contributed by atoms with van der Waals surface area (Å²) >= 11 is 2.38. The van der Waals surface area contributed by atoms with Crippen molar-refractivity contribution in [1.29, 1.82) is 0 Å². The zero-order valence-corrected chi connectivity index (χ0v) is 13.7. The van der Waals surface area contributed by atoms with Crippen molar-refractivity contribution >= 4 is 28.4 Å². The SMILES string of the molecule is CCNc1nc(C2(C)CCCO2)nc(C2CC2)c1I. The summed E-state index contributed by atoms with van der Waals surface area (Å²) in [6, 6.07) is 0. The van der Waals surface area contributed by atoms with Crippen LogP contribution in [-0.4, -0.2) is 23.1 Å². The average molecular weight is 373 g/mol. The molecule has 3 rings (SSSR count). The van der Waals surface area contributed by atoms with E-state index in [1.54, 1.807) is 0 Å². The fourth-order valence-electron chi connectivity index (χ4n) is 2.57. The molecule has 2 heterocycles. The number of nitrogens with one attached hydrogen (secondary N) is 1. The second-order valence-electron chi connectivity index (χ2n) is 5.58. The smallest absolute Gasteiger partial charge is 0.162 e. The highest BCUT2D eigenvalue weighted by Crippen LogP contribution is 2.44. The van der Waals surface area contributed by atoms with Crippen molar-refractivity contribution in [3.05, 3.63) is 15.1 Å². The third-order valence-corrected chi connectivity index (χ3v) is 4.94. The molecule has 0 bridgehead atoms. The van der Waals surface area contributed by atoms with Crippen molar-refractivity contribution in [2.24, 2.45) is 0 Å². The van der Waals surface area contributed by atoms with E-state index in [0.29, 0.717) is 5.92 Å². The first kappa shape index (κ1) is 13.5. The third kappa shape index (κ3) is 2.59. The zero-order chi connectivity index (χ0) is 13.5. The van der Waals surface area contributed by atoms with Crippen LogP contribution in [0.15, 0.2) is 0 Å². The van der Waals surface area contributed by atoms with Crippen molar-refractivity contribution in [2.75, 3.05) is 18.5 Å². The highest BCUT2D eigenvalue weighted by molar-refractivity contribution is 14.1. The van der Waals surface area contributed by atoms with Crippen LogP contribution in [0, 0.1) is 3.57 Å². The molecular formula is C14H20IN3O. The van der Waals surface area contributed by atoms with Crippen LogP contribution in [-0.2, 0) is 10.3 Å². The fraction of sp³-hybridized carbons (Fsp3) is 0.714. The Balaban J connectivity index is 2.03. The van der Waals surface area contributed by atoms with Crippen LogP contribution in [0.1, 0.15) is 57.0 Å². The summed E-state index contributed by atoms with van der Waals surface area (Å²) in [7, 11) is 0. The van der Waals surface area contributed by atoms with Gasteiger partial charge in [-0.1, -0.05) is 0 Å². The van der Waals surface area contributed by atoms with Gasteiger partial charge in [-0.2, -0.15) is 0 Å². The summed E-state index contributed by atoms with van der Waals surface area (Å²) in [6.45, 7) is 5.92. The van der Waals surface area contributed by atoms with Gasteiger partial charge >= 0.3 is 0 Å². The van der Waals surface area contributed by atoms with Crippen LogP contribution in [0.3, 0.4) is 0 Å². The number of hydrogen-bond donors (Lipinski definition) is 1. The molecule has 2 aliphatic rings. The standard InChI is InChI=1S/C14H20IN3O/c1-3-16-12-10(15)11(9-5-6-9)17-13(18-12)14(2)7-4-8-19-14/h9H,3-8H2,1-2H3,(H,16,17,18). The minimum atomic E-state index is -0.294. The lowest BCUT2D eigenvalue weighted by molar-refractivity contribution is 0.00923. The Morgan fingerprint density at radius 2 is 2.21 bits per heavy atom. The van der Waals surface area contributed by atoms with Crippen LogP contribution in [0.5, 0.6) is 0 Å². The van der Waals surface area contributed by atoms with E-state index < -0.39 is 0 Å². The van der Waals surface area contributed by atoms with E-state index in [9.17, 15) is 0 Å². The van der Waals surface area contributed by atoms with E-state index in [-0.39, 0.29) is 5.60 Å². The maximum Gasteiger partial charge on any atom is 0.162 e. The molecule has 1 unspecified atom stereocenters. The minimum absolute atomic E-state index is 0.294. The molecule has 0 spiro atoms. The van der Waals surface area contributed by atoms with Crippen molar-refractivity contribution in [3.63, 3.8) is 0 Å². The largest absolute Gasteiger partial charge is 0.369 e. The summed E-state index contributed by atoms with van der Waals surface area (Å²) in [6.07, 6.45) is 4.63. The normalized spacial score (nSPS) is 26.7. The van der Waals surface area contributed by atoms with Gasteiger partial charge < -0.3 is 10.1 Å². The first-order chi connectivity index (χ1) is 9.14. The van der Waals surface area contributed by atoms with E-state index in [4.69, 9.17) is 14.7 Å². The van der Waals surface area contributed by atoms with Crippen LogP contribution in [0.25, 0.3) is 0 Å². The molecule has 1 aliphatic heterocycles. The molecule has 4 nitrogen and oxygen atoms in total. The Kier molecular flexibility index (Phi) is 3.68. The van der Waals surface area contributed by atoms with E-state index >= 15 is 0 Å². The predicted molar refractivity (Wildman–Crippen MR) is 83.4 cm³/mol. The van der Waals surface area contributed by atoms with Crippen LogP contribution in [0.4, 0.5) is 5.82 Å². The second-order valence-corrected chi connectivity index (χ2v) is 6.66. The molecule has 1 saturated carbocycles. The van der Waals surface area contributed by atoms with E-state index in [2.05, 4.69) is 41.8 Å². The number of hydrogen-bond acceptors (Lipinski definition) is 4. The molecule has 5 heteroatoms. The minimum Gasteiger partial charge on any atom is -0.369 e. The maximum atomic E-state index is 5.90. The molecule has 1 aromatic heterocycles. The quantitative estimate of drug-likeness (QED) is 0.822. The van der Waals surface area contributed by atoms with Gasteiger partial charge in [-0.3, -0.25) is 0 Å². The Hall–Kier alpha value is -0.430. The highest BCUT2D eigenvalue weighted by Gasteiger charge is 2.37. The van der Waals surface area contributed by atoms with E-state index in [1.807, 2.05) is 0 Å². The van der Waals surface area contributed by atoms with Gasteiger partial charge in [0.1, 0.15) is 11.4 Å². The summed E-state index contributed by atoms with van der Waals surface area (Å²) in [4.78, 5) is 9.58. The summed E-state index contributed by atoms with van der Waals surface area (Å²) in [5.74, 6) is 2.48. The molecule has 1 aliphatic carbocycles. The van der Waals surface area contributed by atoms with Crippen LogP contribution in [0.2, 0.25) is 0 Å². The first-order valence-corrected chi connectivity index (χ1v) is 8.17. The van der Waals surface area contributed by atoms with Gasteiger partial charge in [-0.25, -0.2) is 9.97 Å². The Bertz CT molecular complexity index is 482. The number of anilines is 1. The molecule has 1 saturated heterocycles. The van der Waals surface area contributed by atoms with Crippen molar-refractivity contribution in [2.45, 2.75) is 51.0 Å². The van der Waals surface area contributed by atoms with Crippen LogP contribution >= 0.6 is 22.6 Å². The molecule has 2 fully saturated rings. The average Bonchev–Trinajstić information content (AvgIpc) is 3.14. The number of ether oxygens (including phenoxy) is 1. The molecule has 19 heavy (non-hydrogen) atoms. The molecular weight excluding hydrogens is 353 g/mol. The summed E-state index contributed by atoms with van der Waals surface area (Å²) < 4.78 is 7.09. The molecule has 0 amide bonds. The van der Waals surface area contributed by atoms with Crippen molar-refractivity contribution in [3.8, 4) is 0 Å². The van der Waals surface area contributed by atoms with Gasteiger partial charge in [0.2, 0.25) is 0 Å². The van der Waals surface area contributed by atoms with Gasteiger partial charge in [-0.05, 0) is 62.1 Å². The molecule has 0 aromatic carbocycles. The number of halogens is 1. The number of rotatable bonds is 4. The maximum absolute atomic E-state index is 5.90. The van der Waals surface area contributed by atoms with Crippen molar-refractivity contribution in [1.82, 2.24) is 9.97 Å². The lowest BCUT2D eigenvalue weighted by Gasteiger charge is -2.23. The lowest BCUT2D eigenvalue weighted by atomic mass is 10.0. The monoisotopic (exact) mass is 373 g/mol. The molecule has 104 valence electrons. The molecule has 1 atom stereocenters. The topological polar surface area (TPSA) is 47.0 Å². The van der Waals surface area contributed by atoms with Gasteiger partial charge in [0.25, 0.3) is 0 Å². The zero-order valence-electron chi connectivity index (χ0n) is 11.5.